The van der Waals surface area contributed by atoms with Crippen molar-refractivity contribution in [1.29, 1.82) is 0 Å². The van der Waals surface area contributed by atoms with E-state index in [1.54, 1.807) is 39.0 Å². The molecule has 0 saturated heterocycles. The number of hydrogen-bond acceptors (Lipinski definition) is 9. The molecule has 0 aromatic carbocycles. The van der Waals surface area contributed by atoms with Crippen molar-refractivity contribution in [3.8, 4) is 0 Å². The van der Waals surface area contributed by atoms with Gasteiger partial charge in [-0.15, -0.1) is 0 Å². The van der Waals surface area contributed by atoms with Gasteiger partial charge in [-0.1, -0.05) is 45.1 Å². The highest BCUT2D eigenvalue weighted by Crippen LogP contribution is 2.30. The number of aliphatic hydroxyl groups is 1. The summed E-state index contributed by atoms with van der Waals surface area (Å²) in [7, 11) is 2.92. The Morgan fingerprint density at radius 1 is 1.14 bits per heavy atom. The molecule has 2 aliphatic rings. The van der Waals surface area contributed by atoms with Crippen molar-refractivity contribution in [3.05, 3.63) is 58.6 Å². The third-order valence-corrected chi connectivity index (χ3v) is 7.19. The summed E-state index contributed by atoms with van der Waals surface area (Å²) in [5.74, 6) is -2.28. The summed E-state index contributed by atoms with van der Waals surface area (Å²) < 4.78 is 22.2. The number of fused-ring (bicyclic) bond motifs is 2. The van der Waals surface area contributed by atoms with Crippen LogP contribution in [0.1, 0.15) is 53.9 Å². The van der Waals surface area contributed by atoms with Crippen molar-refractivity contribution < 1.29 is 43.2 Å². The topological polar surface area (TPSA) is 163 Å². The standard InChI is InChI=1S/C31H44N2O9/c1-8-12-41-29-21-13-17(2)14-25(40-7)26(35)19(4)15-20(5)28(42-31(32)38)24(39-6)11-9-10-18(3)30(37)33-22(27(21)36)16-23(29)34/h9-11,15-17,19,24-26,28,35H,8,12-14H2,1-7H3,(H2,32,38)(H,33,37)/b11-9-,18-10+,20-15+/t17-,19+,24+,25+,26-,28+/m1/s1. The third kappa shape index (κ3) is 9.23. The number of ketones is 2. The Morgan fingerprint density at radius 3 is 2.43 bits per heavy atom. The molecule has 0 unspecified atom stereocenters. The molecule has 0 aromatic rings. The van der Waals surface area contributed by atoms with Gasteiger partial charge in [-0.25, -0.2) is 4.79 Å². The van der Waals surface area contributed by atoms with E-state index in [2.05, 4.69) is 5.32 Å². The Balaban J connectivity index is 2.61. The van der Waals surface area contributed by atoms with E-state index in [9.17, 15) is 24.3 Å². The fourth-order valence-corrected chi connectivity index (χ4v) is 4.92. The van der Waals surface area contributed by atoms with Gasteiger partial charge in [0.05, 0.1) is 24.5 Å². The van der Waals surface area contributed by atoms with E-state index in [0.717, 1.165) is 6.08 Å². The van der Waals surface area contributed by atoms with Crippen molar-refractivity contribution in [2.24, 2.45) is 17.6 Å². The van der Waals surface area contributed by atoms with Crippen LogP contribution in [0, 0.1) is 11.8 Å². The number of ether oxygens (including phenoxy) is 4. The molecule has 1 aliphatic carbocycles. The molecule has 1 aliphatic heterocycles. The fraction of sp³-hybridized carbons (Fsp3) is 0.548. The van der Waals surface area contributed by atoms with Gasteiger partial charge in [-0.2, -0.15) is 0 Å². The number of aliphatic hydroxyl groups excluding tert-OH is 1. The first-order valence-corrected chi connectivity index (χ1v) is 14.1. The number of primary amides is 1. The van der Waals surface area contributed by atoms with Gasteiger partial charge in [-0.3, -0.25) is 14.4 Å². The molecule has 2 rings (SSSR count). The van der Waals surface area contributed by atoms with Crippen LogP contribution in [0.25, 0.3) is 0 Å². The molecule has 2 bridgehead atoms. The Labute approximate surface area is 247 Å². The summed E-state index contributed by atoms with van der Waals surface area (Å²) in [6.45, 7) is 9.10. The first-order valence-electron chi connectivity index (χ1n) is 14.1. The molecule has 0 fully saturated rings. The third-order valence-electron chi connectivity index (χ3n) is 7.19. The molecule has 6 atom stereocenters. The van der Waals surface area contributed by atoms with E-state index in [0.29, 0.717) is 18.4 Å². The summed E-state index contributed by atoms with van der Waals surface area (Å²) in [4.78, 5) is 51.2. The van der Waals surface area contributed by atoms with Crippen molar-refractivity contribution >= 4 is 23.6 Å². The van der Waals surface area contributed by atoms with Crippen LogP contribution in [0.2, 0.25) is 0 Å². The van der Waals surface area contributed by atoms with E-state index >= 15 is 0 Å². The average molecular weight is 589 g/mol. The van der Waals surface area contributed by atoms with Crippen molar-refractivity contribution in [2.45, 2.75) is 78.3 Å². The van der Waals surface area contributed by atoms with Crippen molar-refractivity contribution in [1.82, 2.24) is 5.32 Å². The number of nitrogens with two attached hydrogens (primary N) is 1. The van der Waals surface area contributed by atoms with Gasteiger partial charge < -0.3 is 35.1 Å². The maximum Gasteiger partial charge on any atom is 0.405 e. The molecule has 11 heteroatoms. The molecular weight excluding hydrogens is 544 g/mol. The summed E-state index contributed by atoms with van der Waals surface area (Å²) in [6.07, 6.45) is 4.33. The molecule has 2 amide bonds. The van der Waals surface area contributed by atoms with Gasteiger partial charge >= 0.3 is 6.09 Å². The number of carbonyl (C=O) groups is 4. The lowest BCUT2D eigenvalue weighted by Gasteiger charge is -2.30. The van der Waals surface area contributed by atoms with Crippen molar-refractivity contribution in [3.63, 3.8) is 0 Å². The van der Waals surface area contributed by atoms with E-state index < -0.39 is 53.9 Å². The minimum atomic E-state index is -1.00. The largest absolute Gasteiger partial charge is 0.489 e. The van der Waals surface area contributed by atoms with E-state index in [1.165, 1.54) is 20.3 Å². The molecule has 11 nitrogen and oxygen atoms in total. The lowest BCUT2D eigenvalue weighted by atomic mass is 9.85. The minimum Gasteiger partial charge on any atom is -0.489 e. The quantitative estimate of drug-likeness (QED) is 0.312. The Hall–Kier alpha value is -3.54. The number of rotatable bonds is 6. The lowest BCUT2D eigenvalue weighted by molar-refractivity contribution is -0.121. The number of Topliss-reactive ketones (excluding diaryl/α,β-unsaturated/α-hetero) is 1. The Bertz CT molecular complexity index is 1180. The van der Waals surface area contributed by atoms with Crippen LogP contribution in [0.4, 0.5) is 4.79 Å². The molecular formula is C31H44N2O9. The van der Waals surface area contributed by atoms with Gasteiger partial charge in [0.1, 0.15) is 6.10 Å². The van der Waals surface area contributed by atoms with Crippen LogP contribution >= 0.6 is 0 Å². The first-order chi connectivity index (χ1) is 19.8. The summed E-state index contributed by atoms with van der Waals surface area (Å²) in [5.41, 5.74) is 6.19. The average Bonchev–Trinajstić information content (AvgIpc) is 2.94. The van der Waals surface area contributed by atoms with Gasteiger partial charge in [-0.05, 0) is 44.6 Å². The molecule has 4 N–H and O–H groups in total. The summed E-state index contributed by atoms with van der Waals surface area (Å²) in [6, 6.07) is 0. The predicted molar refractivity (Wildman–Crippen MR) is 156 cm³/mol. The number of nitrogens with one attached hydrogen (secondary N) is 1. The SMILES string of the molecule is CCCOC1=C2C[C@@H](C)C[C@H](OC)[C@H](O)[C@@H](C)/C=C(\C)[C@H](OC(N)=O)[C@@H](OC)/C=C\C=C(/C)C(=O)NC(=CC1=O)C2=O. The van der Waals surface area contributed by atoms with Gasteiger partial charge in [0.2, 0.25) is 11.6 Å². The maximum absolute atomic E-state index is 13.5. The van der Waals surface area contributed by atoms with E-state index in [-0.39, 0.29) is 41.5 Å². The van der Waals surface area contributed by atoms with Crippen LogP contribution in [-0.2, 0) is 33.3 Å². The molecule has 0 aromatic heterocycles. The highest BCUT2D eigenvalue weighted by molar-refractivity contribution is 6.23. The van der Waals surface area contributed by atoms with Crippen LogP contribution < -0.4 is 11.1 Å². The number of hydrogen-bond donors (Lipinski definition) is 3. The number of carbonyl (C=O) groups excluding carboxylic acids is 4. The molecule has 232 valence electrons. The van der Waals surface area contributed by atoms with Gasteiger partial charge in [0.25, 0.3) is 5.91 Å². The monoisotopic (exact) mass is 588 g/mol. The highest BCUT2D eigenvalue weighted by atomic mass is 16.6. The van der Waals surface area contributed by atoms with Crippen LogP contribution in [-0.4, -0.2) is 73.9 Å². The van der Waals surface area contributed by atoms with Crippen LogP contribution in [0.15, 0.2) is 58.6 Å². The van der Waals surface area contributed by atoms with Gasteiger partial charge in [0, 0.05) is 37.4 Å². The van der Waals surface area contributed by atoms with E-state index in [1.807, 2.05) is 13.8 Å². The number of allylic oxidation sites excluding steroid dienone is 4. The normalized spacial score (nSPS) is 31.7. The molecule has 0 saturated carbocycles. The summed E-state index contributed by atoms with van der Waals surface area (Å²) >= 11 is 0. The Morgan fingerprint density at radius 2 is 1.83 bits per heavy atom. The lowest BCUT2D eigenvalue weighted by Crippen LogP contribution is -2.37. The Kier molecular flexibility index (Phi) is 13.4. The zero-order chi connectivity index (χ0) is 31.6. The zero-order valence-electron chi connectivity index (χ0n) is 25.5. The number of methoxy groups -OCH3 is 2. The zero-order valence-corrected chi connectivity index (χ0v) is 25.5. The second-order valence-corrected chi connectivity index (χ2v) is 10.7. The van der Waals surface area contributed by atoms with Crippen LogP contribution in [0.3, 0.4) is 0 Å². The van der Waals surface area contributed by atoms with Crippen molar-refractivity contribution in [2.75, 3.05) is 20.8 Å². The molecule has 0 spiro atoms. The van der Waals surface area contributed by atoms with Crippen LogP contribution in [0.5, 0.6) is 0 Å². The minimum absolute atomic E-state index is 0.0275. The van der Waals surface area contributed by atoms with Gasteiger partial charge in [0.15, 0.2) is 11.9 Å². The summed E-state index contributed by atoms with van der Waals surface area (Å²) in [5, 5.41) is 13.8. The fourth-order valence-electron chi connectivity index (χ4n) is 4.92. The predicted octanol–water partition coefficient (Wildman–Crippen LogP) is 3.19. The molecule has 42 heavy (non-hydrogen) atoms. The smallest absolute Gasteiger partial charge is 0.405 e. The first kappa shape index (κ1) is 34.7. The molecule has 0 radical (unpaired) electrons. The molecule has 1 heterocycles. The second kappa shape index (κ2) is 16.2. The maximum atomic E-state index is 13.5. The number of amides is 2. The van der Waals surface area contributed by atoms with E-state index in [4.69, 9.17) is 24.7 Å². The highest BCUT2D eigenvalue weighted by Gasteiger charge is 2.34. The second-order valence-electron chi connectivity index (χ2n) is 10.7.